The summed E-state index contributed by atoms with van der Waals surface area (Å²) in [6, 6.07) is 8.71. The number of hydrogen-bond donors (Lipinski definition) is 2. The number of anilines is 1. The van der Waals surface area contributed by atoms with Crippen LogP contribution >= 0.6 is 11.5 Å². The number of halogens is 3. The second-order valence-corrected chi connectivity index (χ2v) is 12.5. The van der Waals surface area contributed by atoms with E-state index in [9.17, 15) is 21.6 Å². The first kappa shape index (κ1) is 25.9. The summed E-state index contributed by atoms with van der Waals surface area (Å²) in [4.78, 5) is 3.87. The van der Waals surface area contributed by atoms with Gasteiger partial charge in [0.2, 0.25) is 5.13 Å². The predicted molar refractivity (Wildman–Crippen MR) is 135 cm³/mol. The molecule has 0 saturated carbocycles. The molecular formula is C25H27F3N4O3S2. The van der Waals surface area contributed by atoms with Gasteiger partial charge in [-0.3, -0.25) is 4.72 Å². The molecule has 12 heteroatoms. The third kappa shape index (κ3) is 5.46. The number of alkyl halides is 3. The smallest absolute Gasteiger partial charge is 0.416 e. The zero-order valence-electron chi connectivity index (χ0n) is 20.3. The van der Waals surface area contributed by atoms with Crippen molar-refractivity contribution in [2.45, 2.75) is 61.6 Å². The van der Waals surface area contributed by atoms with Gasteiger partial charge in [0.05, 0.1) is 10.5 Å². The van der Waals surface area contributed by atoms with E-state index in [4.69, 9.17) is 4.74 Å². The molecule has 198 valence electrons. The molecule has 7 nitrogen and oxygen atoms in total. The van der Waals surface area contributed by atoms with Crippen LogP contribution < -0.4 is 14.8 Å². The lowest BCUT2D eigenvalue weighted by molar-refractivity contribution is -0.137. The maximum Gasteiger partial charge on any atom is 0.416 e. The summed E-state index contributed by atoms with van der Waals surface area (Å²) in [6.45, 7) is 5.30. The third-order valence-corrected chi connectivity index (χ3v) is 8.95. The number of rotatable bonds is 5. The number of benzene rings is 2. The summed E-state index contributed by atoms with van der Waals surface area (Å²) in [5.41, 5.74) is 0.977. The topological polar surface area (TPSA) is 93.2 Å². The first-order valence-electron chi connectivity index (χ1n) is 12.0. The Balaban J connectivity index is 1.58. The molecule has 3 heterocycles. The van der Waals surface area contributed by atoms with E-state index in [0.717, 1.165) is 54.7 Å². The highest BCUT2D eigenvalue weighted by Crippen LogP contribution is 2.48. The van der Waals surface area contributed by atoms with Gasteiger partial charge in [-0.1, -0.05) is 12.1 Å². The fourth-order valence-corrected chi connectivity index (χ4v) is 6.90. The molecule has 0 radical (unpaired) electrons. The minimum Gasteiger partial charge on any atom is -0.487 e. The van der Waals surface area contributed by atoms with Crippen molar-refractivity contribution < 1.29 is 26.3 Å². The van der Waals surface area contributed by atoms with Crippen LogP contribution in [0.3, 0.4) is 0 Å². The molecule has 1 aromatic heterocycles. The van der Waals surface area contributed by atoms with Crippen molar-refractivity contribution in [1.82, 2.24) is 14.7 Å². The van der Waals surface area contributed by atoms with Gasteiger partial charge in [0.15, 0.2) is 0 Å². The van der Waals surface area contributed by atoms with Gasteiger partial charge in [0.1, 0.15) is 17.7 Å². The molecule has 1 saturated heterocycles. The first-order valence-corrected chi connectivity index (χ1v) is 14.2. The molecule has 0 spiro atoms. The SMILES string of the molecule is CC1(C)CC(c2ccc(C(F)(F)F)cc2C2CCNCC2)c2ccc(S(=O)(=O)Nc3ncns3)cc2O1. The van der Waals surface area contributed by atoms with E-state index in [-0.39, 0.29) is 21.9 Å². The molecule has 3 aromatic rings. The Morgan fingerprint density at radius 1 is 1.08 bits per heavy atom. The van der Waals surface area contributed by atoms with E-state index in [1.165, 1.54) is 24.5 Å². The Morgan fingerprint density at radius 3 is 2.49 bits per heavy atom. The van der Waals surface area contributed by atoms with Crippen molar-refractivity contribution in [1.29, 1.82) is 0 Å². The Labute approximate surface area is 217 Å². The van der Waals surface area contributed by atoms with E-state index in [1.54, 1.807) is 12.1 Å². The number of ether oxygens (including phenoxy) is 1. The minimum atomic E-state index is -4.43. The number of nitrogens with one attached hydrogen (secondary N) is 2. The highest BCUT2D eigenvalue weighted by Gasteiger charge is 2.39. The van der Waals surface area contributed by atoms with Gasteiger partial charge >= 0.3 is 6.18 Å². The average molecular weight is 553 g/mol. The van der Waals surface area contributed by atoms with Gasteiger partial charge in [0, 0.05) is 29.1 Å². The lowest BCUT2D eigenvalue weighted by atomic mass is 9.75. The quantitative estimate of drug-likeness (QED) is 0.433. The highest BCUT2D eigenvalue weighted by molar-refractivity contribution is 7.93. The van der Waals surface area contributed by atoms with Crippen LogP contribution in [0.25, 0.3) is 0 Å². The van der Waals surface area contributed by atoms with Gasteiger partial charge < -0.3 is 10.1 Å². The average Bonchev–Trinajstić information content (AvgIpc) is 3.34. The van der Waals surface area contributed by atoms with E-state index in [1.807, 2.05) is 13.8 Å². The normalized spacial score (nSPS) is 20.2. The summed E-state index contributed by atoms with van der Waals surface area (Å²) in [6.07, 6.45) is -1.13. The molecule has 5 rings (SSSR count). The van der Waals surface area contributed by atoms with Crippen LogP contribution in [0.4, 0.5) is 18.3 Å². The third-order valence-electron chi connectivity index (χ3n) is 6.90. The van der Waals surface area contributed by atoms with Crippen molar-refractivity contribution in [3.8, 4) is 5.75 Å². The van der Waals surface area contributed by atoms with Gasteiger partial charge in [-0.15, -0.1) is 0 Å². The van der Waals surface area contributed by atoms with Crippen LogP contribution in [0.15, 0.2) is 47.6 Å². The summed E-state index contributed by atoms with van der Waals surface area (Å²) < 4.78 is 79.3. The highest BCUT2D eigenvalue weighted by atomic mass is 32.2. The van der Waals surface area contributed by atoms with Crippen LogP contribution in [0.2, 0.25) is 0 Å². The number of nitrogens with zero attached hydrogens (tertiary/aromatic N) is 2. The molecule has 0 bridgehead atoms. The van der Waals surface area contributed by atoms with E-state index in [2.05, 4.69) is 19.4 Å². The van der Waals surface area contributed by atoms with Crippen LogP contribution in [0.1, 0.15) is 67.2 Å². The standard InChI is InChI=1S/C25H27F3N4O3S2/c1-24(2)13-21(18-5-3-16(25(26,27)28)11-20(18)15-7-9-29-10-8-15)19-6-4-17(12-22(19)35-24)37(33,34)32-23-30-14-31-36-23/h3-6,11-12,14-15,21,29H,7-10,13H2,1-2H3,(H,30,31,32). The van der Waals surface area contributed by atoms with Crippen LogP contribution in [-0.4, -0.2) is 36.5 Å². The maximum absolute atomic E-state index is 13.7. The van der Waals surface area contributed by atoms with E-state index < -0.39 is 27.4 Å². The van der Waals surface area contributed by atoms with Gasteiger partial charge in [-0.05, 0) is 81.4 Å². The summed E-state index contributed by atoms with van der Waals surface area (Å²) in [5, 5.41) is 3.43. The lowest BCUT2D eigenvalue weighted by Gasteiger charge is -2.39. The van der Waals surface area contributed by atoms with Gasteiger partial charge in [-0.25, -0.2) is 13.4 Å². The lowest BCUT2D eigenvalue weighted by Crippen LogP contribution is -2.36. The Bertz CT molecular complexity index is 1390. The maximum atomic E-state index is 13.7. The van der Waals surface area contributed by atoms with Crippen molar-refractivity contribution in [3.05, 3.63) is 65.0 Å². The van der Waals surface area contributed by atoms with E-state index >= 15 is 0 Å². The Hall–Kier alpha value is -2.70. The van der Waals surface area contributed by atoms with Gasteiger partial charge in [-0.2, -0.15) is 17.5 Å². The zero-order valence-corrected chi connectivity index (χ0v) is 21.9. The predicted octanol–water partition coefficient (Wildman–Crippen LogP) is 5.52. The molecule has 2 aliphatic heterocycles. The number of fused-ring (bicyclic) bond motifs is 1. The van der Waals surface area contributed by atoms with Crippen molar-refractivity contribution >= 4 is 26.7 Å². The zero-order chi connectivity index (χ0) is 26.4. The molecular weight excluding hydrogens is 525 g/mol. The summed E-state index contributed by atoms with van der Waals surface area (Å²) >= 11 is 0.921. The number of sulfonamides is 1. The molecule has 1 fully saturated rings. The monoisotopic (exact) mass is 552 g/mol. The molecule has 1 unspecified atom stereocenters. The fraction of sp³-hybridized carbons (Fsp3) is 0.440. The van der Waals surface area contributed by atoms with Gasteiger partial charge in [0.25, 0.3) is 10.0 Å². The largest absolute Gasteiger partial charge is 0.487 e. The van der Waals surface area contributed by atoms with Crippen molar-refractivity contribution in [3.63, 3.8) is 0 Å². The number of aromatic nitrogens is 2. The van der Waals surface area contributed by atoms with Crippen molar-refractivity contribution in [2.75, 3.05) is 17.8 Å². The molecule has 1 atom stereocenters. The van der Waals surface area contributed by atoms with Crippen molar-refractivity contribution in [2.24, 2.45) is 0 Å². The molecule has 37 heavy (non-hydrogen) atoms. The summed E-state index contributed by atoms with van der Waals surface area (Å²) in [7, 11) is -3.94. The second kappa shape index (κ2) is 9.55. The molecule has 2 aromatic carbocycles. The van der Waals surface area contributed by atoms with E-state index in [0.29, 0.717) is 17.7 Å². The van der Waals surface area contributed by atoms with Crippen LogP contribution in [0.5, 0.6) is 5.75 Å². The summed E-state index contributed by atoms with van der Waals surface area (Å²) in [5.74, 6) is 0.153. The minimum absolute atomic E-state index is 0.00344. The Morgan fingerprint density at radius 2 is 1.81 bits per heavy atom. The molecule has 2 N–H and O–H groups in total. The molecule has 0 amide bonds. The molecule has 0 aliphatic carbocycles. The second-order valence-electron chi connectivity index (χ2n) is 10.0. The number of hydrogen-bond acceptors (Lipinski definition) is 7. The van der Waals surface area contributed by atoms with Crippen LogP contribution in [0, 0.1) is 0 Å². The molecule has 2 aliphatic rings. The Kier molecular flexibility index (Phi) is 6.70. The number of piperidine rings is 1. The fourth-order valence-electron chi connectivity index (χ4n) is 5.22. The van der Waals surface area contributed by atoms with Crippen LogP contribution in [-0.2, 0) is 16.2 Å². The first-order chi connectivity index (χ1) is 17.4.